The molecular formula is C16H19NS. The molecule has 0 saturated carbocycles. The standard InChI is InChI=1S/C16H19NS/c1-5-12(2)15-10-11-16(18-15)13-6-8-14(9-7-13)17(3)4/h5-11H,1-4H3/b12-5+. The molecule has 1 nitrogen and oxygen atoms in total. The number of allylic oxidation sites excluding steroid dienone is 2. The highest BCUT2D eigenvalue weighted by atomic mass is 32.1. The highest BCUT2D eigenvalue weighted by Gasteiger charge is 2.04. The third-order valence-electron chi connectivity index (χ3n) is 3.10. The van der Waals surface area contributed by atoms with Gasteiger partial charge in [0, 0.05) is 29.5 Å². The van der Waals surface area contributed by atoms with Crippen molar-refractivity contribution in [2.75, 3.05) is 19.0 Å². The molecule has 2 aromatic rings. The lowest BCUT2D eigenvalue weighted by atomic mass is 10.1. The molecule has 0 fully saturated rings. The Morgan fingerprint density at radius 2 is 1.72 bits per heavy atom. The van der Waals surface area contributed by atoms with Crippen molar-refractivity contribution in [3.05, 3.63) is 47.4 Å². The summed E-state index contributed by atoms with van der Waals surface area (Å²) < 4.78 is 0. The van der Waals surface area contributed by atoms with Crippen LogP contribution in [0.2, 0.25) is 0 Å². The minimum atomic E-state index is 1.24. The van der Waals surface area contributed by atoms with E-state index in [1.165, 1.54) is 26.6 Å². The Morgan fingerprint density at radius 3 is 2.28 bits per heavy atom. The number of hydrogen-bond donors (Lipinski definition) is 0. The maximum absolute atomic E-state index is 2.21. The van der Waals surface area contributed by atoms with Gasteiger partial charge in [0.1, 0.15) is 0 Å². The molecule has 2 rings (SSSR count). The van der Waals surface area contributed by atoms with Gasteiger partial charge in [0.05, 0.1) is 0 Å². The first-order chi connectivity index (χ1) is 8.61. The van der Waals surface area contributed by atoms with Crippen LogP contribution >= 0.6 is 11.3 Å². The second-order valence-corrected chi connectivity index (χ2v) is 5.66. The minimum absolute atomic E-state index is 1.24. The fraction of sp³-hybridized carbons (Fsp3) is 0.250. The highest BCUT2D eigenvalue weighted by molar-refractivity contribution is 7.16. The lowest BCUT2D eigenvalue weighted by molar-refractivity contribution is 1.13. The summed E-state index contributed by atoms with van der Waals surface area (Å²) >= 11 is 1.85. The van der Waals surface area contributed by atoms with Crippen LogP contribution in [-0.4, -0.2) is 14.1 Å². The zero-order valence-electron chi connectivity index (χ0n) is 11.4. The number of benzene rings is 1. The molecule has 94 valence electrons. The Kier molecular flexibility index (Phi) is 3.87. The van der Waals surface area contributed by atoms with Gasteiger partial charge in [0.15, 0.2) is 0 Å². The van der Waals surface area contributed by atoms with E-state index in [0.717, 1.165) is 0 Å². The molecule has 1 heterocycles. The topological polar surface area (TPSA) is 3.24 Å². The lowest BCUT2D eigenvalue weighted by Gasteiger charge is -2.12. The molecule has 0 aliphatic heterocycles. The normalized spacial score (nSPS) is 11.7. The first-order valence-corrected chi connectivity index (χ1v) is 6.94. The third kappa shape index (κ3) is 2.65. The van der Waals surface area contributed by atoms with Crippen LogP contribution in [0, 0.1) is 0 Å². The molecular weight excluding hydrogens is 238 g/mol. The van der Waals surface area contributed by atoms with Gasteiger partial charge >= 0.3 is 0 Å². The predicted octanol–water partition coefficient (Wildman–Crippen LogP) is 4.90. The van der Waals surface area contributed by atoms with Crippen molar-refractivity contribution in [2.45, 2.75) is 13.8 Å². The SMILES string of the molecule is C/C=C(\C)c1ccc(-c2ccc(N(C)C)cc2)s1. The number of nitrogens with zero attached hydrogens (tertiary/aromatic N) is 1. The molecule has 0 radical (unpaired) electrons. The molecule has 0 spiro atoms. The largest absolute Gasteiger partial charge is 0.378 e. The van der Waals surface area contributed by atoms with Crippen LogP contribution in [0.5, 0.6) is 0 Å². The summed E-state index contributed by atoms with van der Waals surface area (Å²) in [7, 11) is 4.13. The van der Waals surface area contributed by atoms with E-state index in [9.17, 15) is 0 Å². The van der Waals surface area contributed by atoms with Crippen molar-refractivity contribution in [3.8, 4) is 10.4 Å². The molecule has 0 aliphatic rings. The number of anilines is 1. The summed E-state index contributed by atoms with van der Waals surface area (Å²) in [6.07, 6.45) is 2.16. The fourth-order valence-corrected chi connectivity index (χ4v) is 2.81. The first kappa shape index (κ1) is 12.9. The predicted molar refractivity (Wildman–Crippen MR) is 83.4 cm³/mol. The molecule has 0 atom stereocenters. The van der Waals surface area contributed by atoms with Gasteiger partial charge in [-0.2, -0.15) is 0 Å². The zero-order valence-corrected chi connectivity index (χ0v) is 12.2. The van der Waals surface area contributed by atoms with E-state index in [1.807, 2.05) is 11.3 Å². The van der Waals surface area contributed by atoms with Gasteiger partial charge in [-0.25, -0.2) is 0 Å². The molecule has 0 saturated heterocycles. The van der Waals surface area contributed by atoms with Crippen LogP contribution < -0.4 is 4.90 Å². The van der Waals surface area contributed by atoms with E-state index < -0.39 is 0 Å². The Bertz CT molecular complexity index is 547. The van der Waals surface area contributed by atoms with Crippen LogP contribution in [0.25, 0.3) is 16.0 Å². The van der Waals surface area contributed by atoms with Crippen LogP contribution in [0.3, 0.4) is 0 Å². The average Bonchev–Trinajstić information content (AvgIpc) is 2.87. The first-order valence-electron chi connectivity index (χ1n) is 6.12. The monoisotopic (exact) mass is 257 g/mol. The van der Waals surface area contributed by atoms with Crippen molar-refractivity contribution in [3.63, 3.8) is 0 Å². The Labute approximate surface area is 113 Å². The van der Waals surface area contributed by atoms with E-state index in [0.29, 0.717) is 0 Å². The van der Waals surface area contributed by atoms with Gasteiger partial charge in [-0.05, 0) is 49.2 Å². The zero-order chi connectivity index (χ0) is 13.1. The molecule has 0 N–H and O–H groups in total. The summed E-state index contributed by atoms with van der Waals surface area (Å²) in [6.45, 7) is 4.24. The second kappa shape index (κ2) is 5.40. The summed E-state index contributed by atoms with van der Waals surface area (Å²) in [5, 5.41) is 0. The molecule has 18 heavy (non-hydrogen) atoms. The van der Waals surface area contributed by atoms with E-state index in [4.69, 9.17) is 0 Å². The smallest absolute Gasteiger partial charge is 0.0361 e. The van der Waals surface area contributed by atoms with Gasteiger partial charge in [-0.15, -0.1) is 11.3 Å². The molecule has 0 bridgehead atoms. The summed E-state index contributed by atoms with van der Waals surface area (Å²) in [5.41, 5.74) is 3.87. The third-order valence-corrected chi connectivity index (χ3v) is 4.37. The molecule has 0 aliphatic carbocycles. The van der Waals surface area contributed by atoms with Gasteiger partial charge in [-0.3, -0.25) is 0 Å². The lowest BCUT2D eigenvalue weighted by Crippen LogP contribution is -2.07. The average molecular weight is 257 g/mol. The maximum Gasteiger partial charge on any atom is 0.0361 e. The summed E-state index contributed by atoms with van der Waals surface area (Å²) in [5.74, 6) is 0. The molecule has 2 heteroatoms. The summed E-state index contributed by atoms with van der Waals surface area (Å²) in [6, 6.07) is 13.1. The van der Waals surface area contributed by atoms with Crippen molar-refractivity contribution in [2.24, 2.45) is 0 Å². The van der Waals surface area contributed by atoms with Crippen molar-refractivity contribution >= 4 is 22.6 Å². The van der Waals surface area contributed by atoms with Crippen molar-refractivity contribution < 1.29 is 0 Å². The Balaban J connectivity index is 2.29. The number of hydrogen-bond acceptors (Lipinski definition) is 2. The number of rotatable bonds is 3. The second-order valence-electron chi connectivity index (χ2n) is 4.58. The van der Waals surface area contributed by atoms with E-state index in [1.54, 1.807) is 0 Å². The van der Waals surface area contributed by atoms with Gasteiger partial charge in [0.25, 0.3) is 0 Å². The van der Waals surface area contributed by atoms with Gasteiger partial charge in [-0.1, -0.05) is 18.2 Å². The summed E-state index contributed by atoms with van der Waals surface area (Å²) in [4.78, 5) is 4.80. The fourth-order valence-electron chi connectivity index (χ4n) is 1.77. The van der Waals surface area contributed by atoms with E-state index in [2.05, 4.69) is 75.3 Å². The van der Waals surface area contributed by atoms with Crippen LogP contribution in [0.4, 0.5) is 5.69 Å². The van der Waals surface area contributed by atoms with Crippen molar-refractivity contribution in [1.29, 1.82) is 0 Å². The van der Waals surface area contributed by atoms with E-state index >= 15 is 0 Å². The van der Waals surface area contributed by atoms with Gasteiger partial charge in [0.2, 0.25) is 0 Å². The quantitative estimate of drug-likeness (QED) is 0.755. The van der Waals surface area contributed by atoms with Crippen LogP contribution in [0.1, 0.15) is 18.7 Å². The molecule has 0 unspecified atom stereocenters. The minimum Gasteiger partial charge on any atom is -0.378 e. The van der Waals surface area contributed by atoms with Gasteiger partial charge < -0.3 is 4.90 Å². The highest BCUT2D eigenvalue weighted by Crippen LogP contribution is 2.32. The van der Waals surface area contributed by atoms with E-state index in [-0.39, 0.29) is 0 Å². The Hall–Kier alpha value is -1.54. The van der Waals surface area contributed by atoms with Crippen LogP contribution in [0.15, 0.2) is 42.5 Å². The van der Waals surface area contributed by atoms with Crippen molar-refractivity contribution in [1.82, 2.24) is 0 Å². The number of thiophene rings is 1. The molecule has 0 amide bonds. The Morgan fingerprint density at radius 1 is 1.06 bits per heavy atom. The van der Waals surface area contributed by atoms with Crippen LogP contribution in [-0.2, 0) is 0 Å². The maximum atomic E-state index is 2.21. The molecule has 1 aromatic carbocycles. The molecule has 1 aromatic heterocycles.